The lowest BCUT2D eigenvalue weighted by molar-refractivity contribution is 0.606. The van der Waals surface area contributed by atoms with Crippen molar-refractivity contribution >= 4 is 32.6 Å². The molecule has 4 N–H and O–H groups in total. The van der Waals surface area contributed by atoms with Crippen LogP contribution in [0.25, 0.3) is 11.0 Å². The van der Waals surface area contributed by atoms with Gasteiger partial charge in [-0.3, -0.25) is 4.72 Å². The zero-order chi connectivity index (χ0) is 18.1. The van der Waals surface area contributed by atoms with Gasteiger partial charge >= 0.3 is 0 Å². The zero-order valence-electron chi connectivity index (χ0n) is 14.3. The lowest BCUT2D eigenvalue weighted by Crippen LogP contribution is -2.23. The summed E-state index contributed by atoms with van der Waals surface area (Å²) in [4.78, 5) is 12.0. The third-order valence-corrected chi connectivity index (χ3v) is 4.95. The number of aromatic nitrogens is 3. The Balaban J connectivity index is 1.64. The predicted octanol–water partition coefficient (Wildman–Crippen LogP) is 1.59. The van der Waals surface area contributed by atoms with Crippen molar-refractivity contribution in [2.45, 2.75) is 19.5 Å². The molecule has 0 amide bonds. The van der Waals surface area contributed by atoms with Crippen molar-refractivity contribution < 1.29 is 8.42 Å². The SMILES string of the molecule is CS(=O)(=O)Nc1ncccc1CNc1ccnc2[nH]c3c(c12)CNCC3. The minimum Gasteiger partial charge on any atom is -0.380 e. The van der Waals surface area contributed by atoms with Gasteiger partial charge in [-0.2, -0.15) is 0 Å². The third kappa shape index (κ3) is 3.35. The van der Waals surface area contributed by atoms with Gasteiger partial charge in [0, 0.05) is 60.8 Å². The molecule has 0 radical (unpaired) electrons. The molecule has 4 rings (SSSR count). The first-order valence-corrected chi connectivity index (χ1v) is 10.2. The Morgan fingerprint density at radius 3 is 2.96 bits per heavy atom. The molecular weight excluding hydrogens is 352 g/mol. The topological polar surface area (TPSA) is 112 Å². The Morgan fingerprint density at radius 2 is 2.12 bits per heavy atom. The highest BCUT2D eigenvalue weighted by atomic mass is 32.2. The van der Waals surface area contributed by atoms with E-state index in [-0.39, 0.29) is 0 Å². The Kier molecular flexibility index (Phi) is 4.25. The van der Waals surface area contributed by atoms with Gasteiger partial charge in [0.2, 0.25) is 10.0 Å². The van der Waals surface area contributed by atoms with Crippen LogP contribution in [0.15, 0.2) is 30.6 Å². The Hall–Kier alpha value is -2.65. The number of hydrogen-bond donors (Lipinski definition) is 4. The summed E-state index contributed by atoms with van der Waals surface area (Å²) in [5, 5.41) is 7.88. The van der Waals surface area contributed by atoms with E-state index in [1.807, 2.05) is 12.1 Å². The number of fused-ring (bicyclic) bond motifs is 3. The molecule has 0 saturated carbocycles. The van der Waals surface area contributed by atoms with Crippen LogP contribution in [0.5, 0.6) is 0 Å². The molecular formula is C17H20N6O2S. The predicted molar refractivity (Wildman–Crippen MR) is 102 cm³/mol. The summed E-state index contributed by atoms with van der Waals surface area (Å²) in [6.07, 6.45) is 5.40. The van der Waals surface area contributed by atoms with Crippen molar-refractivity contribution in [2.75, 3.05) is 22.8 Å². The van der Waals surface area contributed by atoms with Gasteiger partial charge in [0.15, 0.2) is 0 Å². The number of nitrogens with zero attached hydrogens (tertiary/aromatic N) is 2. The average Bonchev–Trinajstić information content (AvgIpc) is 2.99. The van der Waals surface area contributed by atoms with Crippen LogP contribution in [0.1, 0.15) is 16.8 Å². The maximum atomic E-state index is 11.5. The first-order valence-electron chi connectivity index (χ1n) is 8.36. The van der Waals surface area contributed by atoms with Gasteiger partial charge in [0.05, 0.1) is 6.26 Å². The van der Waals surface area contributed by atoms with Crippen LogP contribution in [0.2, 0.25) is 0 Å². The molecule has 0 aliphatic carbocycles. The number of hydrogen-bond acceptors (Lipinski definition) is 6. The summed E-state index contributed by atoms with van der Waals surface area (Å²) in [7, 11) is -3.38. The number of anilines is 2. The molecule has 8 nitrogen and oxygen atoms in total. The molecule has 0 fully saturated rings. The van der Waals surface area contributed by atoms with Crippen molar-refractivity contribution in [1.29, 1.82) is 0 Å². The molecule has 0 aromatic carbocycles. The fourth-order valence-electron chi connectivity index (χ4n) is 3.25. The minimum atomic E-state index is -3.38. The Morgan fingerprint density at radius 1 is 1.23 bits per heavy atom. The number of nitrogens with one attached hydrogen (secondary N) is 4. The summed E-state index contributed by atoms with van der Waals surface area (Å²) in [5.41, 5.74) is 5.06. The van der Waals surface area contributed by atoms with E-state index in [1.165, 1.54) is 11.3 Å². The molecule has 3 aromatic rings. The molecule has 0 bridgehead atoms. The van der Waals surface area contributed by atoms with Gasteiger partial charge in [-0.25, -0.2) is 18.4 Å². The van der Waals surface area contributed by atoms with Gasteiger partial charge in [-0.1, -0.05) is 6.07 Å². The highest BCUT2D eigenvalue weighted by molar-refractivity contribution is 7.92. The maximum absolute atomic E-state index is 11.5. The molecule has 9 heteroatoms. The number of H-pyrrole nitrogens is 1. The monoisotopic (exact) mass is 372 g/mol. The van der Waals surface area contributed by atoms with E-state index in [1.54, 1.807) is 18.5 Å². The molecule has 1 aliphatic rings. The molecule has 26 heavy (non-hydrogen) atoms. The summed E-state index contributed by atoms with van der Waals surface area (Å²) in [5.74, 6) is 0.338. The van der Waals surface area contributed by atoms with Crippen LogP contribution in [0.4, 0.5) is 11.5 Å². The fraction of sp³-hybridized carbons (Fsp3) is 0.294. The Bertz CT molecular complexity index is 1060. The van der Waals surface area contributed by atoms with Gasteiger partial charge in [-0.15, -0.1) is 0 Å². The smallest absolute Gasteiger partial charge is 0.230 e. The highest BCUT2D eigenvalue weighted by Crippen LogP contribution is 2.30. The number of pyridine rings is 2. The second-order valence-corrected chi connectivity index (χ2v) is 8.08. The zero-order valence-corrected chi connectivity index (χ0v) is 15.2. The summed E-state index contributed by atoms with van der Waals surface area (Å²) in [6.45, 7) is 2.21. The lowest BCUT2D eigenvalue weighted by atomic mass is 10.1. The van der Waals surface area contributed by atoms with Crippen molar-refractivity contribution in [3.8, 4) is 0 Å². The third-order valence-electron chi connectivity index (χ3n) is 4.38. The molecule has 136 valence electrons. The Labute approximate surface area is 151 Å². The van der Waals surface area contributed by atoms with E-state index < -0.39 is 10.0 Å². The minimum absolute atomic E-state index is 0.338. The van der Waals surface area contributed by atoms with Gasteiger partial charge in [-0.05, 0) is 17.7 Å². The van der Waals surface area contributed by atoms with E-state index in [2.05, 4.69) is 30.3 Å². The molecule has 4 heterocycles. The van der Waals surface area contributed by atoms with Crippen LogP contribution >= 0.6 is 0 Å². The van der Waals surface area contributed by atoms with Gasteiger partial charge < -0.3 is 15.6 Å². The lowest BCUT2D eigenvalue weighted by Gasteiger charge is -2.15. The fourth-order valence-corrected chi connectivity index (χ4v) is 3.79. The van der Waals surface area contributed by atoms with Crippen LogP contribution < -0.4 is 15.4 Å². The molecule has 0 unspecified atom stereocenters. The van der Waals surface area contributed by atoms with Crippen molar-refractivity contribution in [2.24, 2.45) is 0 Å². The maximum Gasteiger partial charge on any atom is 0.230 e. The van der Waals surface area contributed by atoms with Gasteiger partial charge in [0.1, 0.15) is 11.5 Å². The molecule has 0 atom stereocenters. The van der Waals surface area contributed by atoms with Crippen molar-refractivity contribution in [3.05, 3.63) is 47.4 Å². The normalized spacial score (nSPS) is 14.2. The number of rotatable bonds is 5. The number of sulfonamides is 1. The molecule has 3 aromatic heterocycles. The summed E-state index contributed by atoms with van der Waals surface area (Å²) in [6, 6.07) is 5.57. The summed E-state index contributed by atoms with van der Waals surface area (Å²) < 4.78 is 25.5. The van der Waals surface area contributed by atoms with Gasteiger partial charge in [0.25, 0.3) is 0 Å². The molecule has 1 aliphatic heterocycles. The quantitative estimate of drug-likeness (QED) is 0.541. The van der Waals surface area contributed by atoms with Crippen molar-refractivity contribution in [1.82, 2.24) is 20.3 Å². The highest BCUT2D eigenvalue weighted by Gasteiger charge is 2.18. The van der Waals surface area contributed by atoms with E-state index in [0.29, 0.717) is 12.4 Å². The first kappa shape index (κ1) is 16.8. The largest absolute Gasteiger partial charge is 0.380 e. The summed E-state index contributed by atoms with van der Waals surface area (Å²) >= 11 is 0. The van der Waals surface area contributed by atoms with Crippen LogP contribution in [-0.4, -0.2) is 36.2 Å². The number of aromatic amines is 1. The molecule has 0 spiro atoms. The van der Waals surface area contributed by atoms with E-state index in [9.17, 15) is 8.42 Å². The van der Waals surface area contributed by atoms with E-state index in [4.69, 9.17) is 0 Å². The van der Waals surface area contributed by atoms with Crippen molar-refractivity contribution in [3.63, 3.8) is 0 Å². The first-order chi connectivity index (χ1) is 12.5. The second-order valence-electron chi connectivity index (χ2n) is 6.33. The average molecular weight is 372 g/mol. The van der Waals surface area contributed by atoms with Crippen LogP contribution in [-0.2, 0) is 29.5 Å². The standard InChI is InChI=1S/C17H20N6O2S/c1-26(24,25)23-16-11(3-2-6-19-16)9-21-14-5-8-20-17-15(14)12-10-18-7-4-13(12)22-17/h2-3,5-6,8,18H,4,7,9-10H2,1H3,(H,19,23)(H2,20,21,22). The van der Waals surface area contributed by atoms with E-state index in [0.717, 1.165) is 48.1 Å². The molecule has 0 saturated heterocycles. The van der Waals surface area contributed by atoms with E-state index >= 15 is 0 Å². The van der Waals surface area contributed by atoms with Crippen LogP contribution in [0.3, 0.4) is 0 Å². The van der Waals surface area contributed by atoms with Crippen LogP contribution in [0, 0.1) is 0 Å². The second kappa shape index (κ2) is 6.58.